The first-order valence-corrected chi connectivity index (χ1v) is 10.4. The van der Waals surface area contributed by atoms with Crippen LogP contribution in [0.25, 0.3) is 0 Å². The van der Waals surface area contributed by atoms with Crippen molar-refractivity contribution in [3.63, 3.8) is 0 Å². The summed E-state index contributed by atoms with van der Waals surface area (Å²) in [7, 11) is 0. The van der Waals surface area contributed by atoms with Crippen LogP contribution in [0.15, 0.2) is 48.5 Å². The van der Waals surface area contributed by atoms with E-state index in [1.165, 1.54) is 10.0 Å². The van der Waals surface area contributed by atoms with Crippen LogP contribution in [0.2, 0.25) is 0 Å². The third-order valence-electron chi connectivity index (χ3n) is 5.25. The maximum atomic E-state index is 12.8. The molecule has 162 valence electrons. The lowest BCUT2D eigenvalue weighted by atomic mass is 10.1. The number of carbonyl (C=O) groups excluding carboxylic acids is 3. The molecule has 1 N–H and O–H groups in total. The van der Waals surface area contributed by atoms with E-state index in [4.69, 9.17) is 9.47 Å². The summed E-state index contributed by atoms with van der Waals surface area (Å²) in [6, 6.07) is 14.6. The van der Waals surface area contributed by atoms with Gasteiger partial charge in [0.2, 0.25) is 24.5 Å². The van der Waals surface area contributed by atoms with Crippen molar-refractivity contribution in [3.05, 3.63) is 54.1 Å². The second-order valence-corrected chi connectivity index (χ2v) is 7.52. The molecule has 2 aromatic rings. The van der Waals surface area contributed by atoms with Crippen LogP contribution >= 0.6 is 0 Å². The minimum Gasteiger partial charge on any atom is -0.454 e. The van der Waals surface area contributed by atoms with Crippen LogP contribution in [0.1, 0.15) is 31.2 Å². The predicted octanol–water partition coefficient (Wildman–Crippen LogP) is 2.74. The van der Waals surface area contributed by atoms with Crippen LogP contribution in [-0.2, 0) is 20.8 Å². The Morgan fingerprint density at radius 3 is 2.42 bits per heavy atom. The monoisotopic (exact) mass is 423 g/mol. The first kappa shape index (κ1) is 20.7. The fourth-order valence-corrected chi connectivity index (χ4v) is 3.72. The quantitative estimate of drug-likeness (QED) is 0.740. The van der Waals surface area contributed by atoms with Gasteiger partial charge in [0.1, 0.15) is 0 Å². The van der Waals surface area contributed by atoms with Gasteiger partial charge in [-0.3, -0.25) is 24.4 Å². The Bertz CT molecular complexity index is 963. The molecule has 2 heterocycles. The van der Waals surface area contributed by atoms with Gasteiger partial charge in [-0.2, -0.15) is 0 Å². The first-order valence-electron chi connectivity index (χ1n) is 10.4. The lowest BCUT2D eigenvalue weighted by molar-refractivity contribution is -0.157. The molecule has 2 aromatic carbocycles. The van der Waals surface area contributed by atoms with Crippen LogP contribution in [0.3, 0.4) is 0 Å². The van der Waals surface area contributed by atoms with Gasteiger partial charge >= 0.3 is 0 Å². The number of carbonyl (C=O) groups is 3. The first-order chi connectivity index (χ1) is 15.1. The SMILES string of the molecule is O=C(CCCC(=O)N1CCCN1C(=O)Cc1ccc2c(c1)OCO2)Nc1ccccc1. The number of fused-ring (bicyclic) bond motifs is 1. The minimum absolute atomic E-state index is 0.129. The van der Waals surface area contributed by atoms with Gasteiger partial charge < -0.3 is 14.8 Å². The van der Waals surface area contributed by atoms with E-state index < -0.39 is 0 Å². The summed E-state index contributed by atoms with van der Waals surface area (Å²) in [5.41, 5.74) is 1.55. The molecule has 0 unspecified atom stereocenters. The molecular weight excluding hydrogens is 398 g/mol. The molecule has 4 rings (SSSR count). The van der Waals surface area contributed by atoms with Crippen LogP contribution in [0, 0.1) is 0 Å². The Morgan fingerprint density at radius 2 is 1.61 bits per heavy atom. The second kappa shape index (κ2) is 9.51. The van der Waals surface area contributed by atoms with Crippen molar-refractivity contribution >= 4 is 23.4 Å². The van der Waals surface area contributed by atoms with Crippen molar-refractivity contribution in [1.82, 2.24) is 10.0 Å². The van der Waals surface area contributed by atoms with E-state index in [2.05, 4.69) is 5.32 Å². The van der Waals surface area contributed by atoms with Gasteiger partial charge in [-0.05, 0) is 42.7 Å². The number of anilines is 1. The molecule has 2 aliphatic heterocycles. The van der Waals surface area contributed by atoms with Crippen molar-refractivity contribution in [1.29, 1.82) is 0 Å². The summed E-state index contributed by atoms with van der Waals surface area (Å²) < 4.78 is 10.7. The summed E-state index contributed by atoms with van der Waals surface area (Å²) in [4.78, 5) is 37.5. The average Bonchev–Trinajstić information content (AvgIpc) is 3.43. The standard InChI is InChI=1S/C23H25N3O5/c27-21(24-18-6-2-1-3-7-18)8-4-9-22(28)25-12-5-13-26(25)23(29)15-17-10-11-19-20(14-17)31-16-30-19/h1-3,6-7,10-11,14H,4-5,8-9,12-13,15-16H2,(H,24,27). The zero-order valence-corrected chi connectivity index (χ0v) is 17.2. The number of amides is 3. The maximum Gasteiger partial charge on any atom is 0.245 e. The van der Waals surface area contributed by atoms with Gasteiger partial charge in [0.25, 0.3) is 0 Å². The van der Waals surface area contributed by atoms with E-state index in [9.17, 15) is 14.4 Å². The zero-order valence-electron chi connectivity index (χ0n) is 17.2. The highest BCUT2D eigenvalue weighted by Gasteiger charge is 2.30. The van der Waals surface area contributed by atoms with E-state index >= 15 is 0 Å². The van der Waals surface area contributed by atoms with Gasteiger partial charge in [-0.15, -0.1) is 0 Å². The van der Waals surface area contributed by atoms with Crippen LogP contribution in [0.4, 0.5) is 5.69 Å². The number of hydrazine groups is 1. The van der Waals surface area contributed by atoms with E-state index in [0.29, 0.717) is 31.0 Å². The molecular formula is C23H25N3O5. The molecule has 1 saturated heterocycles. The Labute approximate surface area is 180 Å². The number of benzene rings is 2. The lowest BCUT2D eigenvalue weighted by Gasteiger charge is -2.28. The highest BCUT2D eigenvalue weighted by Crippen LogP contribution is 2.32. The number of rotatable bonds is 7. The molecule has 0 spiro atoms. The zero-order chi connectivity index (χ0) is 21.6. The maximum absolute atomic E-state index is 12.8. The van der Waals surface area contributed by atoms with Crippen molar-refractivity contribution in [2.24, 2.45) is 0 Å². The molecule has 0 atom stereocenters. The highest BCUT2D eigenvalue weighted by molar-refractivity contribution is 5.91. The number of ether oxygens (including phenoxy) is 2. The predicted molar refractivity (Wildman–Crippen MR) is 113 cm³/mol. The number of nitrogens with zero attached hydrogens (tertiary/aromatic N) is 2. The second-order valence-electron chi connectivity index (χ2n) is 7.52. The van der Waals surface area contributed by atoms with E-state index in [1.54, 1.807) is 12.1 Å². The van der Waals surface area contributed by atoms with Crippen molar-refractivity contribution in [2.45, 2.75) is 32.1 Å². The molecule has 8 heteroatoms. The molecule has 1 fully saturated rings. The average molecular weight is 423 g/mol. The Kier molecular flexibility index (Phi) is 6.35. The van der Waals surface area contributed by atoms with Gasteiger partial charge in [0, 0.05) is 31.6 Å². The minimum atomic E-state index is -0.135. The molecule has 8 nitrogen and oxygen atoms in total. The van der Waals surface area contributed by atoms with E-state index in [0.717, 1.165) is 17.7 Å². The number of hydrogen-bond donors (Lipinski definition) is 1. The Balaban J connectivity index is 1.26. The van der Waals surface area contributed by atoms with Crippen LogP contribution in [0.5, 0.6) is 11.5 Å². The van der Waals surface area contributed by atoms with E-state index in [1.807, 2.05) is 36.4 Å². The molecule has 31 heavy (non-hydrogen) atoms. The van der Waals surface area contributed by atoms with Crippen molar-refractivity contribution in [2.75, 3.05) is 25.2 Å². The molecule has 0 aliphatic carbocycles. The largest absolute Gasteiger partial charge is 0.454 e. The summed E-state index contributed by atoms with van der Waals surface area (Å²) in [5.74, 6) is 0.908. The molecule has 0 aromatic heterocycles. The summed E-state index contributed by atoms with van der Waals surface area (Å²) in [5, 5.41) is 5.85. The number of hydrogen-bond acceptors (Lipinski definition) is 5. The third kappa shape index (κ3) is 5.14. The number of nitrogens with one attached hydrogen (secondary N) is 1. The van der Waals surface area contributed by atoms with Crippen molar-refractivity contribution < 1.29 is 23.9 Å². The summed E-state index contributed by atoms with van der Waals surface area (Å²) >= 11 is 0. The van der Waals surface area contributed by atoms with Gasteiger partial charge in [0.15, 0.2) is 11.5 Å². The smallest absolute Gasteiger partial charge is 0.245 e. The Hall–Kier alpha value is -3.55. The highest BCUT2D eigenvalue weighted by atomic mass is 16.7. The van der Waals surface area contributed by atoms with Gasteiger partial charge in [0.05, 0.1) is 6.42 Å². The molecule has 0 radical (unpaired) electrons. The summed E-state index contributed by atoms with van der Waals surface area (Å²) in [6.07, 6.45) is 1.82. The topological polar surface area (TPSA) is 88.2 Å². The fraction of sp³-hybridized carbons (Fsp3) is 0.348. The number of para-hydroxylation sites is 1. The Morgan fingerprint density at radius 1 is 0.871 bits per heavy atom. The normalized spacial score (nSPS) is 14.6. The fourth-order valence-electron chi connectivity index (χ4n) is 3.72. The van der Waals surface area contributed by atoms with Gasteiger partial charge in [-0.25, -0.2) is 0 Å². The third-order valence-corrected chi connectivity index (χ3v) is 5.25. The molecule has 2 aliphatic rings. The molecule has 0 bridgehead atoms. The summed E-state index contributed by atoms with van der Waals surface area (Å²) in [6.45, 7) is 1.22. The lowest BCUT2D eigenvalue weighted by Crippen LogP contribution is -2.45. The van der Waals surface area contributed by atoms with Gasteiger partial charge in [-0.1, -0.05) is 24.3 Å². The molecule has 0 saturated carbocycles. The van der Waals surface area contributed by atoms with Crippen LogP contribution in [-0.4, -0.2) is 47.6 Å². The van der Waals surface area contributed by atoms with Crippen molar-refractivity contribution in [3.8, 4) is 11.5 Å². The molecule has 3 amide bonds. The van der Waals surface area contributed by atoms with Crippen LogP contribution < -0.4 is 14.8 Å². The van der Waals surface area contributed by atoms with E-state index in [-0.39, 0.29) is 43.8 Å².